The molecule has 0 saturated carbocycles. The first-order chi connectivity index (χ1) is 8.11. The van der Waals surface area contributed by atoms with Gasteiger partial charge in [0.15, 0.2) is 0 Å². The molecule has 0 aliphatic rings. The Hall–Kier alpha value is -0.890. The molecule has 0 bridgehead atoms. The molecule has 0 aliphatic carbocycles. The molecule has 1 N–H and O–H groups in total. The number of unbranched alkanes of at least 4 members (excludes halogenated alkanes) is 1. The standard InChI is InChI=1S/C15H24FN/c1-4-5-6-15(17-12(2)3)11-13-7-9-14(16)10-8-13/h7-10,12,15,17H,4-6,11H2,1-3H3. The van der Waals surface area contributed by atoms with Crippen LogP contribution in [0.25, 0.3) is 0 Å². The lowest BCUT2D eigenvalue weighted by atomic mass is 10.0. The van der Waals surface area contributed by atoms with Gasteiger partial charge in [-0.25, -0.2) is 4.39 Å². The van der Waals surface area contributed by atoms with E-state index in [0.29, 0.717) is 12.1 Å². The van der Waals surface area contributed by atoms with Gasteiger partial charge >= 0.3 is 0 Å². The first kappa shape index (κ1) is 14.2. The van der Waals surface area contributed by atoms with Gasteiger partial charge in [-0.3, -0.25) is 0 Å². The molecule has 0 fully saturated rings. The maximum absolute atomic E-state index is 12.8. The summed E-state index contributed by atoms with van der Waals surface area (Å²) in [6.45, 7) is 6.55. The lowest BCUT2D eigenvalue weighted by Gasteiger charge is -2.21. The third kappa shape index (κ3) is 5.83. The second-order valence-electron chi connectivity index (χ2n) is 4.99. The number of hydrogen-bond acceptors (Lipinski definition) is 1. The summed E-state index contributed by atoms with van der Waals surface area (Å²) in [6.07, 6.45) is 4.63. The van der Waals surface area contributed by atoms with Crippen LogP contribution in [0.5, 0.6) is 0 Å². The quantitative estimate of drug-likeness (QED) is 0.757. The molecule has 2 heteroatoms. The largest absolute Gasteiger partial charge is 0.311 e. The van der Waals surface area contributed by atoms with Gasteiger partial charge < -0.3 is 5.32 Å². The fourth-order valence-corrected chi connectivity index (χ4v) is 2.07. The third-order valence-electron chi connectivity index (χ3n) is 2.87. The van der Waals surface area contributed by atoms with Crippen molar-refractivity contribution in [3.8, 4) is 0 Å². The van der Waals surface area contributed by atoms with Crippen LogP contribution in [-0.2, 0) is 6.42 Å². The van der Waals surface area contributed by atoms with Crippen molar-refractivity contribution < 1.29 is 4.39 Å². The van der Waals surface area contributed by atoms with E-state index in [1.165, 1.54) is 24.8 Å². The summed E-state index contributed by atoms with van der Waals surface area (Å²) in [5.74, 6) is -0.157. The van der Waals surface area contributed by atoms with Crippen LogP contribution in [0.1, 0.15) is 45.6 Å². The molecule has 1 nitrogen and oxygen atoms in total. The summed E-state index contributed by atoms with van der Waals surface area (Å²) in [7, 11) is 0. The number of benzene rings is 1. The Morgan fingerprint density at radius 3 is 2.35 bits per heavy atom. The molecule has 0 saturated heterocycles. The Labute approximate surface area is 104 Å². The highest BCUT2D eigenvalue weighted by atomic mass is 19.1. The monoisotopic (exact) mass is 237 g/mol. The second-order valence-corrected chi connectivity index (χ2v) is 4.99. The Morgan fingerprint density at radius 1 is 1.18 bits per heavy atom. The smallest absolute Gasteiger partial charge is 0.123 e. The molecule has 0 amide bonds. The first-order valence-electron chi connectivity index (χ1n) is 6.62. The van der Waals surface area contributed by atoms with Crippen LogP contribution in [0.3, 0.4) is 0 Å². The number of nitrogens with one attached hydrogen (secondary N) is 1. The lowest BCUT2D eigenvalue weighted by Crippen LogP contribution is -2.36. The topological polar surface area (TPSA) is 12.0 Å². The van der Waals surface area contributed by atoms with Crippen molar-refractivity contribution in [3.05, 3.63) is 35.6 Å². The summed E-state index contributed by atoms with van der Waals surface area (Å²) in [4.78, 5) is 0. The van der Waals surface area contributed by atoms with Crippen molar-refractivity contribution >= 4 is 0 Å². The van der Waals surface area contributed by atoms with E-state index in [1.807, 2.05) is 12.1 Å². The molecule has 1 unspecified atom stereocenters. The Morgan fingerprint density at radius 2 is 1.82 bits per heavy atom. The predicted molar refractivity (Wildman–Crippen MR) is 71.7 cm³/mol. The highest BCUT2D eigenvalue weighted by molar-refractivity contribution is 5.17. The van der Waals surface area contributed by atoms with E-state index in [0.717, 1.165) is 6.42 Å². The SMILES string of the molecule is CCCCC(Cc1ccc(F)cc1)NC(C)C. The van der Waals surface area contributed by atoms with Crippen molar-refractivity contribution in [2.45, 2.75) is 58.5 Å². The summed E-state index contributed by atoms with van der Waals surface area (Å²) in [5.41, 5.74) is 1.21. The minimum Gasteiger partial charge on any atom is -0.311 e. The van der Waals surface area contributed by atoms with Crippen LogP contribution in [0.15, 0.2) is 24.3 Å². The molecule has 0 spiro atoms. The van der Waals surface area contributed by atoms with Gasteiger partial charge in [0.1, 0.15) is 5.82 Å². The van der Waals surface area contributed by atoms with Crippen LogP contribution in [-0.4, -0.2) is 12.1 Å². The van der Waals surface area contributed by atoms with E-state index in [4.69, 9.17) is 0 Å². The molecule has 0 aromatic heterocycles. The zero-order valence-corrected chi connectivity index (χ0v) is 11.2. The zero-order valence-electron chi connectivity index (χ0n) is 11.2. The normalized spacial score (nSPS) is 13.0. The molecule has 1 atom stereocenters. The van der Waals surface area contributed by atoms with Gasteiger partial charge in [0, 0.05) is 12.1 Å². The molecule has 0 aliphatic heterocycles. The number of halogens is 1. The van der Waals surface area contributed by atoms with Crippen molar-refractivity contribution in [2.75, 3.05) is 0 Å². The average molecular weight is 237 g/mol. The van der Waals surface area contributed by atoms with Gasteiger partial charge in [-0.1, -0.05) is 45.7 Å². The van der Waals surface area contributed by atoms with Crippen LogP contribution < -0.4 is 5.32 Å². The van der Waals surface area contributed by atoms with Gasteiger partial charge in [-0.05, 0) is 30.5 Å². The predicted octanol–water partition coefficient (Wildman–Crippen LogP) is 3.93. The van der Waals surface area contributed by atoms with Crippen LogP contribution >= 0.6 is 0 Å². The average Bonchev–Trinajstić information content (AvgIpc) is 2.28. The van der Waals surface area contributed by atoms with Gasteiger partial charge in [-0.15, -0.1) is 0 Å². The molecule has 0 heterocycles. The minimum absolute atomic E-state index is 0.157. The van der Waals surface area contributed by atoms with Crippen LogP contribution in [0, 0.1) is 5.82 Å². The van der Waals surface area contributed by atoms with E-state index in [9.17, 15) is 4.39 Å². The summed E-state index contributed by atoms with van der Waals surface area (Å²) >= 11 is 0. The van der Waals surface area contributed by atoms with Crippen molar-refractivity contribution in [1.82, 2.24) is 5.32 Å². The van der Waals surface area contributed by atoms with Gasteiger partial charge in [-0.2, -0.15) is 0 Å². The van der Waals surface area contributed by atoms with Crippen molar-refractivity contribution in [2.24, 2.45) is 0 Å². The fourth-order valence-electron chi connectivity index (χ4n) is 2.07. The molecule has 0 radical (unpaired) electrons. The van der Waals surface area contributed by atoms with Gasteiger partial charge in [0.05, 0.1) is 0 Å². The maximum Gasteiger partial charge on any atom is 0.123 e. The molecule has 96 valence electrons. The summed E-state index contributed by atoms with van der Waals surface area (Å²) in [6, 6.07) is 7.85. The highest BCUT2D eigenvalue weighted by Gasteiger charge is 2.10. The summed E-state index contributed by atoms with van der Waals surface area (Å²) < 4.78 is 12.8. The van der Waals surface area contributed by atoms with Gasteiger partial charge in [0.2, 0.25) is 0 Å². The first-order valence-corrected chi connectivity index (χ1v) is 6.62. The lowest BCUT2D eigenvalue weighted by molar-refractivity contribution is 0.424. The Bertz CT molecular complexity index is 305. The summed E-state index contributed by atoms with van der Waals surface area (Å²) in [5, 5.41) is 3.58. The molecule has 17 heavy (non-hydrogen) atoms. The third-order valence-corrected chi connectivity index (χ3v) is 2.87. The molecule has 1 aromatic rings. The van der Waals surface area contributed by atoms with E-state index in [2.05, 4.69) is 26.1 Å². The highest BCUT2D eigenvalue weighted by Crippen LogP contribution is 2.10. The van der Waals surface area contributed by atoms with Crippen LogP contribution in [0.4, 0.5) is 4.39 Å². The van der Waals surface area contributed by atoms with E-state index in [-0.39, 0.29) is 5.82 Å². The number of hydrogen-bond donors (Lipinski definition) is 1. The molecule has 1 aromatic carbocycles. The van der Waals surface area contributed by atoms with E-state index < -0.39 is 0 Å². The fraction of sp³-hybridized carbons (Fsp3) is 0.600. The van der Waals surface area contributed by atoms with E-state index >= 15 is 0 Å². The minimum atomic E-state index is -0.157. The zero-order chi connectivity index (χ0) is 12.7. The second kappa shape index (κ2) is 7.44. The van der Waals surface area contributed by atoms with Crippen LogP contribution in [0.2, 0.25) is 0 Å². The van der Waals surface area contributed by atoms with E-state index in [1.54, 1.807) is 12.1 Å². The Kier molecular flexibility index (Phi) is 6.20. The molecule has 1 rings (SSSR count). The maximum atomic E-state index is 12.8. The van der Waals surface area contributed by atoms with Gasteiger partial charge in [0.25, 0.3) is 0 Å². The van der Waals surface area contributed by atoms with Crippen molar-refractivity contribution in [1.29, 1.82) is 0 Å². The Balaban J connectivity index is 2.54. The molecular weight excluding hydrogens is 213 g/mol. The molecular formula is C15H24FN. The van der Waals surface area contributed by atoms with Crippen molar-refractivity contribution in [3.63, 3.8) is 0 Å². The number of rotatable bonds is 7.